The number of pyridine rings is 1. The third-order valence-corrected chi connectivity index (χ3v) is 11.7. The van der Waals surface area contributed by atoms with E-state index in [-0.39, 0.29) is 43.7 Å². The van der Waals surface area contributed by atoms with Gasteiger partial charge in [0.25, 0.3) is 15.9 Å². The Balaban J connectivity index is 1.44. The topological polar surface area (TPSA) is 222 Å². The Kier molecular flexibility index (Phi) is 11.4. The van der Waals surface area contributed by atoms with Crippen LogP contribution < -0.4 is 31.0 Å². The normalized spacial score (nSPS) is 22.8. The lowest BCUT2D eigenvalue weighted by Gasteiger charge is -2.40. The largest absolute Gasteiger partial charge is 0.497 e. The minimum absolute atomic E-state index is 0.102. The van der Waals surface area contributed by atoms with Crippen molar-refractivity contribution in [2.45, 2.75) is 74.3 Å². The third kappa shape index (κ3) is 7.99. The van der Waals surface area contributed by atoms with Crippen molar-refractivity contribution in [2.75, 3.05) is 20.2 Å². The number of amides is 3. The fourth-order valence-electron chi connectivity index (χ4n) is 7.39. The number of Topliss-reactive ketones (excluding diaryl/α,β-unsaturated/α-hetero) is 1. The summed E-state index contributed by atoms with van der Waals surface area (Å²) < 4.78 is 46.3. The lowest BCUT2D eigenvalue weighted by atomic mass is 9.83. The Hall–Kier alpha value is -5.84. The molecule has 1 saturated heterocycles. The van der Waals surface area contributed by atoms with E-state index in [2.05, 4.69) is 11.9 Å². The smallest absolute Gasteiger partial charge is 0.409 e. The predicted octanol–water partition coefficient (Wildman–Crippen LogP) is 4.20. The van der Waals surface area contributed by atoms with Crippen LogP contribution in [0.5, 0.6) is 11.5 Å². The first kappa shape index (κ1) is 41.8. The number of benzene rings is 3. The third-order valence-electron chi connectivity index (χ3n) is 10.4. The van der Waals surface area contributed by atoms with E-state index in [9.17, 15) is 22.8 Å². The van der Waals surface area contributed by atoms with Gasteiger partial charge < -0.3 is 30.6 Å². The number of fused-ring (bicyclic) bond motifs is 1. The average Bonchev–Trinajstić information content (AvgIpc) is 3.68. The predicted molar refractivity (Wildman–Crippen MR) is 216 cm³/mol. The molecule has 58 heavy (non-hydrogen) atoms. The Bertz CT molecular complexity index is 2360. The second-order valence-electron chi connectivity index (χ2n) is 15.5. The first-order valence-electron chi connectivity index (χ1n) is 18.7. The molecule has 0 bridgehead atoms. The van der Waals surface area contributed by atoms with Crippen LogP contribution in [0.15, 0.2) is 102 Å². The first-order chi connectivity index (χ1) is 27.4. The molecule has 306 valence electrons. The molecule has 1 saturated carbocycles. The van der Waals surface area contributed by atoms with Crippen LogP contribution in [-0.2, 0) is 29.1 Å². The van der Waals surface area contributed by atoms with Gasteiger partial charge >= 0.3 is 6.09 Å². The zero-order valence-electron chi connectivity index (χ0n) is 32.8. The van der Waals surface area contributed by atoms with Gasteiger partial charge in [-0.25, -0.2) is 22.9 Å². The van der Waals surface area contributed by atoms with E-state index < -0.39 is 62.0 Å². The summed E-state index contributed by atoms with van der Waals surface area (Å²) in [4.78, 5) is 63.1. The number of nitrogens with two attached hydrogens (primary N) is 2. The fourth-order valence-corrected chi connectivity index (χ4v) is 8.45. The summed E-state index contributed by atoms with van der Waals surface area (Å²) in [5, 5.41) is 3.30. The minimum Gasteiger partial charge on any atom is -0.497 e. The number of rotatable bonds is 14. The number of carbonyl (C=O) groups is 4. The zero-order chi connectivity index (χ0) is 42.1. The number of hydrogen-bond acceptors (Lipinski definition) is 12. The molecule has 16 heteroatoms. The molecule has 1 aliphatic carbocycles. The Morgan fingerprint density at radius 3 is 2.31 bits per heavy atom. The molecule has 4 aromatic rings. The van der Waals surface area contributed by atoms with Crippen LogP contribution in [-0.4, -0.2) is 85.1 Å². The maximum atomic E-state index is 15.4. The number of sulfonamides is 1. The monoisotopic (exact) mass is 812 g/mol. The van der Waals surface area contributed by atoms with Gasteiger partial charge in [0.2, 0.25) is 5.91 Å². The van der Waals surface area contributed by atoms with Crippen LogP contribution in [0.1, 0.15) is 46.5 Å². The van der Waals surface area contributed by atoms with E-state index in [1.54, 1.807) is 58.2 Å². The van der Waals surface area contributed by atoms with Crippen LogP contribution in [0.25, 0.3) is 22.2 Å². The van der Waals surface area contributed by atoms with Gasteiger partial charge in [-0.15, -0.1) is 6.58 Å². The number of ether oxygens (including phenoxy) is 3. The van der Waals surface area contributed by atoms with Crippen LogP contribution in [0.3, 0.4) is 0 Å². The molecule has 2 aliphatic rings. The molecule has 2 fully saturated rings. The van der Waals surface area contributed by atoms with E-state index in [0.29, 0.717) is 28.1 Å². The first-order valence-corrected chi connectivity index (χ1v) is 20.2. The van der Waals surface area contributed by atoms with E-state index in [0.717, 1.165) is 11.6 Å². The van der Waals surface area contributed by atoms with Crippen LogP contribution in [0, 0.1) is 5.41 Å². The highest BCUT2D eigenvalue weighted by Crippen LogP contribution is 2.59. The van der Waals surface area contributed by atoms with Gasteiger partial charge in [-0.2, -0.15) is 0 Å². The molecule has 4 atom stereocenters. The lowest BCUT2D eigenvalue weighted by molar-refractivity contribution is -0.148. The summed E-state index contributed by atoms with van der Waals surface area (Å²) in [5.41, 5.74) is 7.02. The number of hydrogen-bond donors (Lipinski definition) is 4. The second-order valence-corrected chi connectivity index (χ2v) is 17.2. The Labute approximate surface area is 337 Å². The number of methoxy groups -OCH3 is 1. The van der Waals surface area contributed by atoms with E-state index in [4.69, 9.17) is 30.7 Å². The highest BCUT2D eigenvalue weighted by molar-refractivity contribution is 7.90. The van der Waals surface area contributed by atoms with Crippen molar-refractivity contribution in [2.24, 2.45) is 16.9 Å². The standard InChI is InChI=1S/C42H48N6O9S/c1-6-40(26-41(40,44)37(51)47-58(53,54)30-16-11-8-12-17-30)36(50)42(46-38(52)57-39(2,3)4)24-29(25-48(42)35(49)18-13-21-43)56-34-23-32(27-14-9-7-10-15-27)45-33-22-28(55-5)19-20-31(33)34/h6-12,14-17,19-20,22-23,29H,1,13,18,21,24-26,43-44H2,2-5H3,(H,46,52)(H,47,51)/t29-,40+,41+,42+/m1/s1. The molecule has 0 radical (unpaired) electrons. The molecule has 2 heterocycles. The van der Waals surface area contributed by atoms with Crippen molar-refractivity contribution in [3.8, 4) is 22.8 Å². The molecule has 15 nitrogen and oxygen atoms in total. The number of aromatic nitrogens is 1. The SMILES string of the molecule is C=C[C@@]1(C(=O)[C@]2(NC(=O)OC(C)(C)C)C[C@@H](Oc3cc(-c4ccccc4)nc4cc(OC)ccc34)CN2C(=O)CCCN)C[C@]1(N)C(=O)NS(=O)(=O)c1ccccc1. The van der Waals surface area contributed by atoms with Crippen molar-refractivity contribution in [1.82, 2.24) is 19.9 Å². The highest BCUT2D eigenvalue weighted by atomic mass is 32.2. The quantitative estimate of drug-likeness (QED) is 0.132. The number of alkyl carbamates (subject to hydrolysis) is 1. The number of nitrogens with zero attached hydrogens (tertiary/aromatic N) is 2. The van der Waals surface area contributed by atoms with Crippen molar-refractivity contribution in [1.29, 1.82) is 0 Å². The summed E-state index contributed by atoms with van der Waals surface area (Å²) in [5.74, 6) is -1.67. The average molecular weight is 813 g/mol. The molecule has 3 amide bonds. The molecular formula is C42H48N6O9S. The molecule has 0 spiro atoms. The van der Waals surface area contributed by atoms with Gasteiger partial charge in [-0.05, 0) is 64.4 Å². The fraction of sp³-hybridized carbons (Fsp3) is 0.357. The second kappa shape index (κ2) is 15.8. The van der Waals surface area contributed by atoms with E-state index >= 15 is 4.79 Å². The molecule has 0 unspecified atom stereocenters. The van der Waals surface area contributed by atoms with Gasteiger partial charge in [-0.1, -0.05) is 54.6 Å². The Morgan fingerprint density at radius 1 is 1.02 bits per heavy atom. The van der Waals surface area contributed by atoms with E-state index in [1.165, 1.54) is 29.2 Å². The van der Waals surface area contributed by atoms with Gasteiger partial charge in [0.05, 0.1) is 35.2 Å². The number of likely N-dealkylation sites (tertiary alicyclic amines) is 1. The minimum atomic E-state index is -4.41. The number of nitrogens with one attached hydrogen (secondary N) is 2. The maximum Gasteiger partial charge on any atom is 0.409 e. The summed E-state index contributed by atoms with van der Waals surface area (Å²) in [6.07, 6.45) is -1.38. The van der Waals surface area contributed by atoms with Gasteiger partial charge in [0.15, 0.2) is 11.4 Å². The van der Waals surface area contributed by atoms with Crippen LogP contribution in [0.2, 0.25) is 0 Å². The number of ketones is 1. The summed E-state index contributed by atoms with van der Waals surface area (Å²) in [6, 6.07) is 23.6. The molecule has 1 aromatic heterocycles. The van der Waals surface area contributed by atoms with Crippen LogP contribution in [0.4, 0.5) is 4.79 Å². The van der Waals surface area contributed by atoms with Crippen molar-refractivity contribution in [3.63, 3.8) is 0 Å². The van der Waals surface area contributed by atoms with Crippen molar-refractivity contribution < 1.29 is 41.8 Å². The molecule has 6 N–H and O–H groups in total. The van der Waals surface area contributed by atoms with Gasteiger partial charge in [0.1, 0.15) is 28.7 Å². The lowest BCUT2D eigenvalue weighted by Crippen LogP contribution is -2.67. The maximum absolute atomic E-state index is 15.4. The van der Waals surface area contributed by atoms with Gasteiger partial charge in [0, 0.05) is 35.9 Å². The molecule has 3 aromatic carbocycles. The van der Waals surface area contributed by atoms with Crippen molar-refractivity contribution in [3.05, 3.63) is 97.6 Å². The van der Waals surface area contributed by atoms with E-state index in [1.807, 2.05) is 35.1 Å². The highest BCUT2D eigenvalue weighted by Gasteiger charge is 2.77. The molecular weight excluding hydrogens is 765 g/mol. The summed E-state index contributed by atoms with van der Waals surface area (Å²) in [7, 11) is -2.87. The van der Waals surface area contributed by atoms with Crippen molar-refractivity contribution >= 4 is 44.6 Å². The zero-order valence-corrected chi connectivity index (χ0v) is 33.6. The number of carbonyl (C=O) groups excluding carboxylic acids is 4. The van der Waals surface area contributed by atoms with Crippen LogP contribution >= 0.6 is 0 Å². The molecule has 6 rings (SSSR count). The molecule has 1 aliphatic heterocycles. The summed E-state index contributed by atoms with van der Waals surface area (Å²) in [6.45, 7) is 8.70. The van der Waals surface area contributed by atoms with Gasteiger partial charge in [-0.3, -0.25) is 19.7 Å². The Morgan fingerprint density at radius 2 is 1.69 bits per heavy atom. The summed E-state index contributed by atoms with van der Waals surface area (Å²) >= 11 is 0.